The Morgan fingerprint density at radius 1 is 0.281 bits per heavy atom. The molecule has 632 valence electrons. The van der Waals surface area contributed by atoms with E-state index in [2.05, 4.69) is 492 Å². The number of aryl methyl sites for hydroxylation is 12. The van der Waals surface area contributed by atoms with Gasteiger partial charge in [0.25, 0.3) is 0 Å². The monoisotopic (exact) mass is 1620 g/mol. The summed E-state index contributed by atoms with van der Waals surface area (Å²) in [5.41, 5.74) is 44.3. The Bertz CT molecular complexity index is 6250. The van der Waals surface area contributed by atoms with E-state index in [9.17, 15) is 0 Å². The Kier molecular flexibility index (Phi) is 21.3. The Morgan fingerprint density at radius 2 is 0.587 bits per heavy atom. The molecule has 5 aliphatic rings. The van der Waals surface area contributed by atoms with Gasteiger partial charge >= 0.3 is 0 Å². The highest BCUT2D eigenvalue weighted by Crippen LogP contribution is 2.58. The van der Waals surface area contributed by atoms with Gasteiger partial charge in [0.15, 0.2) is 34.4 Å². The predicted molar refractivity (Wildman–Crippen MR) is 503 cm³/mol. The molecule has 0 fully saturated rings. The molecule has 0 radical (unpaired) electrons. The molecule has 13 aromatic rings. The van der Waals surface area contributed by atoms with Crippen molar-refractivity contribution in [3.8, 4) is 61.8 Å². The Balaban J connectivity index is 0.000000124. The van der Waals surface area contributed by atoms with Crippen LogP contribution < -0.4 is 23.4 Å². The first-order valence-electron chi connectivity index (χ1n) is 44.5. The topological polar surface area (TPSA) is 44.0 Å². The molecule has 0 saturated heterocycles. The highest BCUT2D eigenvalue weighted by Gasteiger charge is 2.58. The molecule has 0 atom stereocenters. The molecule has 5 aliphatic heterocycles. The third-order valence-electron chi connectivity index (χ3n) is 32.4. The van der Waals surface area contributed by atoms with E-state index >= 15 is 0 Å². The van der Waals surface area contributed by atoms with Crippen LogP contribution >= 0.6 is 0 Å². The molecule has 0 unspecified atom stereocenters. The third-order valence-corrected chi connectivity index (χ3v) is 32.4. The van der Waals surface area contributed by atoms with E-state index in [4.69, 9.17) is 0 Å². The number of hydrogen-bond acceptors (Lipinski definition) is 0. The molecule has 18 rings (SSSR count). The fourth-order valence-corrected chi connectivity index (χ4v) is 21.8. The summed E-state index contributed by atoms with van der Waals surface area (Å²) in [4.78, 5) is 0. The van der Waals surface area contributed by atoms with Gasteiger partial charge in [-0.3, -0.25) is 0 Å². The van der Waals surface area contributed by atoms with Crippen LogP contribution in [0.15, 0.2) is 189 Å². The van der Waals surface area contributed by atoms with Crippen molar-refractivity contribution in [3.63, 3.8) is 0 Å². The van der Waals surface area contributed by atoms with Crippen LogP contribution in [0, 0.1) is 69.2 Å². The maximum atomic E-state index is 2.45. The highest BCUT2D eigenvalue weighted by molar-refractivity contribution is 5.74. The second-order valence-corrected chi connectivity index (χ2v) is 42.4. The van der Waals surface area contributed by atoms with Gasteiger partial charge < -0.3 is 0 Å². The van der Waals surface area contributed by atoms with E-state index in [0.29, 0.717) is 5.92 Å². The van der Waals surface area contributed by atoms with Crippen molar-refractivity contribution < 1.29 is 23.4 Å². The first kappa shape index (κ1) is 87.2. The van der Waals surface area contributed by atoms with E-state index in [1.807, 2.05) is 0 Å². The number of para-hydroxylation sites is 5. The second kappa shape index (κ2) is 29.5. The van der Waals surface area contributed by atoms with Crippen molar-refractivity contribution in [2.45, 2.75) is 282 Å². The second-order valence-electron chi connectivity index (χ2n) is 42.4. The number of hydrogen-bond donors (Lipinski definition) is 0. The van der Waals surface area contributed by atoms with Gasteiger partial charge in [-0.1, -0.05) is 318 Å². The molecule has 0 saturated carbocycles. The molecule has 0 amide bonds. The van der Waals surface area contributed by atoms with Gasteiger partial charge in [0, 0.05) is 71.0 Å². The number of aromatic nitrogens is 10. The largest absolute Gasteiger partial charge is 0.242 e. The van der Waals surface area contributed by atoms with Crippen molar-refractivity contribution in [1.82, 2.24) is 23.4 Å². The number of nitrogens with zero attached hydrogens (tertiary/aromatic N) is 10. The summed E-state index contributed by atoms with van der Waals surface area (Å²) in [6.45, 7) is 74.5. The number of fused-ring (bicyclic) bond motifs is 15. The molecular weight excluding hydrogens is 1470 g/mol. The Hall–Kier alpha value is -10.2. The maximum Gasteiger partial charge on any atom is 0.242 e. The summed E-state index contributed by atoms with van der Waals surface area (Å²) >= 11 is 0. The van der Waals surface area contributed by atoms with Gasteiger partial charge in [0.05, 0.1) is 40.5 Å². The third kappa shape index (κ3) is 12.9. The summed E-state index contributed by atoms with van der Waals surface area (Å²) in [6, 6.07) is 60.4. The van der Waals surface area contributed by atoms with Crippen molar-refractivity contribution >= 4 is 0 Å². The summed E-state index contributed by atoms with van der Waals surface area (Å²) in [5, 5.41) is 0. The van der Waals surface area contributed by atoms with Gasteiger partial charge in [-0.25, -0.2) is 0 Å². The van der Waals surface area contributed by atoms with Crippen molar-refractivity contribution in [3.05, 3.63) is 306 Å². The Morgan fingerprint density at radius 3 is 0.950 bits per heavy atom. The van der Waals surface area contributed by atoms with Gasteiger partial charge in [-0.05, 0) is 156 Å². The Labute approximate surface area is 727 Å². The van der Waals surface area contributed by atoms with Crippen LogP contribution in [0.3, 0.4) is 0 Å². The van der Waals surface area contributed by atoms with E-state index in [-0.39, 0.29) is 54.1 Å². The average Bonchev–Trinajstić information content (AvgIpc) is 1.64. The van der Waals surface area contributed by atoms with Crippen LogP contribution in [0.5, 0.6) is 0 Å². The molecule has 10 heteroatoms. The molecule has 10 nitrogen and oxygen atoms in total. The quantitative estimate of drug-likeness (QED) is 0.158. The first-order chi connectivity index (χ1) is 56.2. The van der Waals surface area contributed by atoms with E-state index in [0.717, 1.165) is 0 Å². The zero-order chi connectivity index (χ0) is 88.7. The van der Waals surface area contributed by atoms with E-state index in [1.54, 1.807) is 0 Å². The smallest absolute Gasteiger partial charge is 0.155 e. The molecule has 0 aliphatic carbocycles. The molecule has 0 N–H and O–H groups in total. The molecule has 0 bridgehead atoms. The lowest BCUT2D eigenvalue weighted by molar-refractivity contribution is -0.745. The first-order valence-corrected chi connectivity index (χ1v) is 44.5. The zero-order valence-electron chi connectivity index (χ0n) is 80.9. The van der Waals surface area contributed by atoms with Gasteiger partial charge in [0.2, 0.25) is 30.0 Å². The SMILES string of the molecule is Cc1cc(C)cc(-c2c[n+](C)n3c2C(C)(C)C(C)(C)c2cccc(C)c2-3)c1.Cc1cccc2c1-[n+]1c(c(C)c(C)n1C)C(C)(C)C2(C)C.Cc1cccc2c1-n1c(c(-c3ccc(C(C)C)cc3)c[n+]1C)C(C)(C)C2(C)C.Cc1cccc2c1-n1c(c(-c3ccccc3)c[n+]1C)C(C)(C)C2(C)C.Cc1cccc2c1-n1c(c(C)c[n+]1C)C(C)(C)C2(C)C. The summed E-state index contributed by atoms with van der Waals surface area (Å²) in [6.07, 6.45) is 9.14. The lowest BCUT2D eigenvalue weighted by Gasteiger charge is -2.46. The molecule has 5 aromatic heterocycles. The summed E-state index contributed by atoms with van der Waals surface area (Å²) in [5.74, 6) is 0.554. The normalized spacial score (nSPS) is 17.4. The maximum absolute atomic E-state index is 2.45. The minimum Gasteiger partial charge on any atom is -0.155 e. The van der Waals surface area contributed by atoms with Gasteiger partial charge in [-0.2, -0.15) is 4.68 Å². The van der Waals surface area contributed by atoms with Gasteiger partial charge in [0.1, 0.15) is 39.8 Å². The average molecular weight is 1620 g/mol. The van der Waals surface area contributed by atoms with E-state index < -0.39 is 0 Å². The van der Waals surface area contributed by atoms with Crippen molar-refractivity contribution in [1.29, 1.82) is 0 Å². The van der Waals surface area contributed by atoms with Gasteiger partial charge in [-0.15, -0.1) is 37.5 Å². The standard InChI is InChI=1S/C26H33N2.C25H31N2.C23H27N2.C19H27N2.C18H25N2/c1-17(2)19-12-14-20(15-13-19)21-16-27(8)28-23-18(3)10-9-11-22(23)25(4,5)26(6,7)24(21)28;1-16-12-17(2)14-19(13-16)20-15-26(8)27-22-18(3)10-9-11-21(22)24(4,5)25(6,7)23(20)27;1-16-11-10-14-19-20(16)25-21(23(4,5)22(19,2)3)18(15-24(25)6)17-12-8-7-9-13-17;1-12-10-9-11-15-16(12)21-17(13(2)14(3)20(21)8)19(6,7)18(15,4)5;1-12-9-8-10-14-15(12)20-16(13(2)11-19(20)7)18(5,6)17(14,3)4/h9-17H,1-8H3;9-15H,1-8H3;7-15H,1-6H3;9-11H,1-8H3;8-11H,1-7H3/q5*+1. The molecule has 121 heavy (non-hydrogen) atoms. The minimum absolute atomic E-state index is 0.000226. The lowest BCUT2D eigenvalue weighted by atomic mass is 9.59. The van der Waals surface area contributed by atoms with Crippen molar-refractivity contribution in [2.24, 2.45) is 35.2 Å². The highest BCUT2D eigenvalue weighted by atomic mass is 15.4. The fraction of sp³-hybridized carbons (Fsp3) is 0.432. The predicted octanol–water partition coefficient (Wildman–Crippen LogP) is 23.6. The minimum atomic E-state index is -0.0128. The fourth-order valence-electron chi connectivity index (χ4n) is 21.8. The molecule has 0 spiro atoms. The number of benzene rings is 8. The molecule has 8 aromatic carbocycles. The summed E-state index contributed by atoms with van der Waals surface area (Å²) < 4.78 is 23.5. The van der Waals surface area contributed by atoms with Crippen LogP contribution in [-0.2, 0) is 89.4 Å². The van der Waals surface area contributed by atoms with E-state index in [1.165, 1.54) is 179 Å². The summed E-state index contributed by atoms with van der Waals surface area (Å²) in [7, 11) is 10.8. The molecule has 10 heterocycles. The van der Waals surface area contributed by atoms with Crippen LogP contribution in [-0.4, -0.2) is 23.4 Å². The van der Waals surface area contributed by atoms with Crippen LogP contribution in [0.1, 0.15) is 276 Å². The number of rotatable bonds is 4. The zero-order valence-corrected chi connectivity index (χ0v) is 80.9. The van der Waals surface area contributed by atoms with Crippen LogP contribution in [0.4, 0.5) is 0 Å². The lowest BCUT2D eigenvalue weighted by Crippen LogP contribution is -2.58. The van der Waals surface area contributed by atoms with Crippen LogP contribution in [0.25, 0.3) is 61.8 Å². The van der Waals surface area contributed by atoms with Crippen LogP contribution in [0.2, 0.25) is 0 Å². The van der Waals surface area contributed by atoms with Crippen molar-refractivity contribution in [2.75, 3.05) is 0 Å². The molecular formula is C111H143N10+5.